The zero-order valence-corrected chi connectivity index (χ0v) is 15.5. The van der Waals surface area contributed by atoms with E-state index in [-0.39, 0.29) is 23.3 Å². The number of fused-ring (bicyclic) bond motifs is 2. The van der Waals surface area contributed by atoms with Crippen LogP contribution in [-0.2, 0) is 16.4 Å². The molecule has 27 heavy (non-hydrogen) atoms. The molecule has 0 saturated carbocycles. The molecular weight excluding hydrogens is 364 g/mol. The molecule has 138 valence electrons. The normalized spacial score (nSPS) is 18.4. The molecule has 0 fully saturated rings. The highest BCUT2D eigenvalue weighted by Crippen LogP contribution is 2.39. The Morgan fingerprint density at radius 1 is 1.33 bits per heavy atom. The van der Waals surface area contributed by atoms with Gasteiger partial charge in [0.1, 0.15) is 0 Å². The molecule has 2 aliphatic rings. The second-order valence-corrected chi connectivity index (χ2v) is 8.66. The number of amides is 1. The lowest BCUT2D eigenvalue weighted by Gasteiger charge is -2.28. The number of nitrogens with zero attached hydrogens (tertiary/aromatic N) is 2. The van der Waals surface area contributed by atoms with Crippen molar-refractivity contribution in [2.45, 2.75) is 24.2 Å². The Balaban J connectivity index is 1.89. The third-order valence-electron chi connectivity index (χ3n) is 5.16. The highest BCUT2D eigenvalue weighted by atomic mass is 32.2. The van der Waals surface area contributed by atoms with Crippen LogP contribution in [0.3, 0.4) is 0 Å². The molecule has 0 bridgehead atoms. The van der Waals surface area contributed by atoms with Gasteiger partial charge in [-0.2, -0.15) is 5.26 Å². The molecule has 0 radical (unpaired) electrons. The van der Waals surface area contributed by atoms with Crippen LogP contribution in [0.1, 0.15) is 39.9 Å². The summed E-state index contributed by atoms with van der Waals surface area (Å²) >= 11 is 0. The maximum Gasteiger partial charge on any atom is 0.264 e. The number of benzene rings is 2. The molecule has 7 nitrogen and oxygen atoms in total. The fourth-order valence-electron chi connectivity index (χ4n) is 3.86. The van der Waals surface area contributed by atoms with Crippen LogP contribution in [0.4, 0.5) is 11.4 Å². The fraction of sp³-hybridized carbons (Fsp3) is 0.263. The van der Waals surface area contributed by atoms with E-state index in [0.29, 0.717) is 41.0 Å². The van der Waals surface area contributed by atoms with Crippen molar-refractivity contribution in [3.05, 3.63) is 52.6 Å². The topological polar surface area (TPSA) is 116 Å². The monoisotopic (exact) mass is 382 g/mol. The first-order chi connectivity index (χ1) is 12.8. The summed E-state index contributed by atoms with van der Waals surface area (Å²) in [6.45, 7) is 2.53. The van der Waals surface area contributed by atoms with Crippen molar-refractivity contribution >= 4 is 27.3 Å². The Hall–Kier alpha value is -3.05. The summed E-state index contributed by atoms with van der Waals surface area (Å²) in [7, 11) is -3.90. The minimum Gasteiger partial charge on any atom is -0.398 e. The molecule has 3 N–H and O–H groups in total. The molecule has 2 aliphatic heterocycles. The third kappa shape index (κ3) is 2.54. The van der Waals surface area contributed by atoms with Crippen LogP contribution >= 0.6 is 0 Å². The summed E-state index contributed by atoms with van der Waals surface area (Å²) < 4.78 is 28.3. The van der Waals surface area contributed by atoms with E-state index in [1.807, 2.05) is 13.0 Å². The van der Waals surface area contributed by atoms with Crippen LogP contribution in [0.25, 0.3) is 0 Å². The van der Waals surface area contributed by atoms with E-state index < -0.39 is 10.0 Å². The molecule has 0 saturated heterocycles. The minimum absolute atomic E-state index is 0.124. The van der Waals surface area contributed by atoms with Gasteiger partial charge in [0.15, 0.2) is 0 Å². The van der Waals surface area contributed by atoms with Gasteiger partial charge in [-0.3, -0.25) is 9.10 Å². The number of hydrogen-bond acceptors (Lipinski definition) is 5. The maximum atomic E-state index is 13.5. The molecule has 0 spiro atoms. The van der Waals surface area contributed by atoms with Gasteiger partial charge in [-0.05, 0) is 36.2 Å². The Morgan fingerprint density at radius 2 is 2.11 bits per heavy atom. The van der Waals surface area contributed by atoms with Gasteiger partial charge < -0.3 is 11.1 Å². The van der Waals surface area contributed by atoms with Gasteiger partial charge in [0.25, 0.3) is 15.9 Å². The van der Waals surface area contributed by atoms with Gasteiger partial charge in [0.05, 0.1) is 22.2 Å². The molecule has 0 aromatic heterocycles. The van der Waals surface area contributed by atoms with Gasteiger partial charge in [-0.25, -0.2) is 8.42 Å². The molecule has 1 unspecified atom stereocenters. The molecule has 1 amide bonds. The van der Waals surface area contributed by atoms with E-state index in [1.165, 1.54) is 4.31 Å². The highest BCUT2D eigenvalue weighted by molar-refractivity contribution is 7.93. The average Bonchev–Trinajstić information content (AvgIpc) is 3.09. The third-order valence-corrected chi connectivity index (χ3v) is 7.04. The summed E-state index contributed by atoms with van der Waals surface area (Å²) in [4.78, 5) is 12.3. The maximum absolute atomic E-state index is 13.5. The van der Waals surface area contributed by atoms with E-state index in [1.54, 1.807) is 30.3 Å². The van der Waals surface area contributed by atoms with Gasteiger partial charge >= 0.3 is 0 Å². The SMILES string of the molecule is CC1CNC(=O)c2cccc(S(=O)(=O)N3CCc4c(N)cc(C#N)cc43)c21. The fourth-order valence-corrected chi connectivity index (χ4v) is 5.69. The summed E-state index contributed by atoms with van der Waals surface area (Å²) in [6, 6.07) is 9.90. The lowest BCUT2D eigenvalue weighted by Crippen LogP contribution is -2.37. The van der Waals surface area contributed by atoms with Crippen molar-refractivity contribution < 1.29 is 13.2 Å². The summed E-state index contributed by atoms with van der Waals surface area (Å²) in [5, 5.41) is 12.0. The van der Waals surface area contributed by atoms with E-state index in [4.69, 9.17) is 5.73 Å². The largest absolute Gasteiger partial charge is 0.398 e. The molecule has 8 heteroatoms. The van der Waals surface area contributed by atoms with Crippen LogP contribution in [-0.4, -0.2) is 27.4 Å². The van der Waals surface area contributed by atoms with Crippen molar-refractivity contribution in [2.75, 3.05) is 23.1 Å². The summed E-state index contributed by atoms with van der Waals surface area (Å²) in [6.07, 6.45) is 0.483. The lowest BCUT2D eigenvalue weighted by atomic mass is 9.92. The van der Waals surface area contributed by atoms with Crippen molar-refractivity contribution in [3.8, 4) is 6.07 Å². The number of nitrogens with two attached hydrogens (primary N) is 1. The Labute approximate surface area is 157 Å². The number of carbonyl (C=O) groups excluding carboxylic acids is 1. The molecular formula is C19H18N4O3S. The number of rotatable bonds is 2. The van der Waals surface area contributed by atoms with Crippen LogP contribution in [0.5, 0.6) is 0 Å². The zero-order chi connectivity index (χ0) is 19.3. The van der Waals surface area contributed by atoms with Crippen molar-refractivity contribution in [3.63, 3.8) is 0 Å². The number of carbonyl (C=O) groups is 1. The summed E-state index contributed by atoms with van der Waals surface area (Å²) in [5.41, 5.74) is 8.86. The van der Waals surface area contributed by atoms with Gasteiger partial charge in [0, 0.05) is 35.8 Å². The molecule has 2 aromatic carbocycles. The van der Waals surface area contributed by atoms with Crippen molar-refractivity contribution in [1.29, 1.82) is 5.26 Å². The predicted molar refractivity (Wildman–Crippen MR) is 101 cm³/mol. The van der Waals surface area contributed by atoms with Crippen LogP contribution in [0, 0.1) is 11.3 Å². The van der Waals surface area contributed by atoms with Gasteiger partial charge in [-0.15, -0.1) is 0 Å². The minimum atomic E-state index is -3.90. The number of anilines is 2. The summed E-state index contributed by atoms with van der Waals surface area (Å²) in [5.74, 6) is -0.390. The van der Waals surface area contributed by atoms with E-state index in [2.05, 4.69) is 5.32 Å². The predicted octanol–water partition coefficient (Wildman–Crippen LogP) is 1.74. The Bertz CT molecular complexity index is 1120. The number of sulfonamides is 1. The molecule has 2 heterocycles. The zero-order valence-electron chi connectivity index (χ0n) is 14.7. The molecule has 1 atom stereocenters. The first-order valence-electron chi connectivity index (χ1n) is 8.61. The van der Waals surface area contributed by atoms with E-state index in [9.17, 15) is 18.5 Å². The smallest absolute Gasteiger partial charge is 0.264 e. The standard InChI is InChI=1S/C19H18N4O3S/c1-11-10-22-19(24)14-3-2-4-17(18(11)14)27(25,26)23-6-5-13-15(21)7-12(9-20)8-16(13)23/h2-4,7-8,11H,5-6,10,21H2,1H3,(H,22,24). The number of nitrogens with one attached hydrogen (secondary N) is 1. The molecule has 0 aliphatic carbocycles. The molecule has 2 aromatic rings. The molecule has 4 rings (SSSR count). The van der Waals surface area contributed by atoms with Crippen molar-refractivity contribution in [2.24, 2.45) is 0 Å². The first-order valence-corrected chi connectivity index (χ1v) is 10.0. The second-order valence-electron chi connectivity index (χ2n) is 6.83. The average molecular weight is 382 g/mol. The number of nitrogen functional groups attached to an aromatic ring is 1. The van der Waals surface area contributed by atoms with Crippen molar-refractivity contribution in [1.82, 2.24) is 5.32 Å². The quantitative estimate of drug-likeness (QED) is 0.768. The second kappa shape index (κ2) is 5.99. The van der Waals surface area contributed by atoms with E-state index in [0.717, 1.165) is 5.56 Å². The van der Waals surface area contributed by atoms with E-state index >= 15 is 0 Å². The Morgan fingerprint density at radius 3 is 2.85 bits per heavy atom. The van der Waals surface area contributed by atoms with Gasteiger partial charge in [0.2, 0.25) is 0 Å². The van der Waals surface area contributed by atoms with Crippen LogP contribution in [0.15, 0.2) is 35.2 Å². The lowest BCUT2D eigenvalue weighted by molar-refractivity contribution is 0.0940. The van der Waals surface area contributed by atoms with Crippen LogP contribution < -0.4 is 15.4 Å². The van der Waals surface area contributed by atoms with Crippen LogP contribution in [0.2, 0.25) is 0 Å². The Kier molecular flexibility index (Phi) is 3.86. The first kappa shape index (κ1) is 17.4. The highest BCUT2D eigenvalue weighted by Gasteiger charge is 2.36. The number of hydrogen-bond donors (Lipinski definition) is 2. The van der Waals surface area contributed by atoms with Gasteiger partial charge in [-0.1, -0.05) is 13.0 Å². The number of nitriles is 1.